The van der Waals surface area contributed by atoms with Crippen molar-refractivity contribution in [2.24, 2.45) is 0 Å². The molecule has 4 N–H and O–H groups in total. The lowest BCUT2D eigenvalue weighted by Gasteiger charge is -2.11. The second-order valence-electron chi connectivity index (χ2n) is 2.63. The van der Waals surface area contributed by atoms with E-state index in [0.29, 0.717) is 0 Å². The third kappa shape index (κ3) is 1.47. The zero-order valence-electron chi connectivity index (χ0n) is 6.99. The maximum Gasteiger partial charge on any atom is 0.156 e. The first-order valence-corrected chi connectivity index (χ1v) is 3.85. The topological polar surface area (TPSA) is 124 Å². The van der Waals surface area contributed by atoms with E-state index in [0.717, 1.165) is 0 Å². The molecule has 14 heavy (non-hydrogen) atoms. The Labute approximate surface area is 78.0 Å². The molecule has 8 heteroatoms. The summed E-state index contributed by atoms with van der Waals surface area (Å²) >= 11 is 0. The quantitative estimate of drug-likeness (QED) is 0.483. The Balaban J connectivity index is 2.16. The van der Waals surface area contributed by atoms with Gasteiger partial charge >= 0.3 is 0 Å². The third-order valence-electron chi connectivity index (χ3n) is 1.73. The molecular weight excluding hydrogens is 188 g/mol. The molecule has 0 bridgehead atoms. The molecule has 2 atom stereocenters. The number of H-pyrrole nitrogens is 2. The van der Waals surface area contributed by atoms with Crippen LogP contribution in [0.1, 0.15) is 23.9 Å². The average Bonchev–Trinajstić information content (AvgIpc) is 2.87. The molecule has 0 spiro atoms. The van der Waals surface area contributed by atoms with E-state index in [2.05, 4.69) is 30.4 Å². The molecule has 2 rings (SSSR count). The van der Waals surface area contributed by atoms with Crippen molar-refractivity contribution in [3.63, 3.8) is 0 Å². The number of hydrogen-bond donors (Lipinski definition) is 4. The number of aliphatic hydroxyl groups excluding tert-OH is 2. The minimum atomic E-state index is -1.20. The van der Waals surface area contributed by atoms with Crippen LogP contribution in [-0.2, 0) is 0 Å². The van der Waals surface area contributed by atoms with Crippen LogP contribution in [0.15, 0.2) is 12.7 Å². The van der Waals surface area contributed by atoms with Gasteiger partial charge < -0.3 is 10.2 Å². The highest BCUT2D eigenvalue weighted by Gasteiger charge is 2.24. The van der Waals surface area contributed by atoms with E-state index in [9.17, 15) is 10.2 Å². The molecule has 2 aromatic heterocycles. The number of aliphatic hydroxyl groups is 2. The molecule has 0 aliphatic heterocycles. The van der Waals surface area contributed by atoms with Gasteiger partial charge in [0.05, 0.1) is 0 Å². The molecule has 8 nitrogen and oxygen atoms in total. The van der Waals surface area contributed by atoms with Gasteiger partial charge in [-0.1, -0.05) is 0 Å². The molecule has 0 aromatic carbocycles. The lowest BCUT2D eigenvalue weighted by atomic mass is 10.2. The summed E-state index contributed by atoms with van der Waals surface area (Å²) in [6.07, 6.45) is 0.0769. The summed E-state index contributed by atoms with van der Waals surface area (Å²) < 4.78 is 0. The lowest BCUT2D eigenvalue weighted by molar-refractivity contribution is 0.00687. The van der Waals surface area contributed by atoms with Gasteiger partial charge in [0.25, 0.3) is 0 Å². The van der Waals surface area contributed by atoms with Crippen molar-refractivity contribution in [1.29, 1.82) is 0 Å². The van der Waals surface area contributed by atoms with Gasteiger partial charge in [-0.3, -0.25) is 10.2 Å². The summed E-state index contributed by atoms with van der Waals surface area (Å²) in [5, 5.41) is 31.2. The van der Waals surface area contributed by atoms with Gasteiger partial charge in [-0.2, -0.15) is 10.2 Å². The minimum absolute atomic E-state index is 0.175. The van der Waals surface area contributed by atoms with Crippen LogP contribution in [0.25, 0.3) is 0 Å². The lowest BCUT2D eigenvalue weighted by Crippen LogP contribution is -2.13. The fourth-order valence-corrected chi connectivity index (χ4v) is 1.01. The van der Waals surface area contributed by atoms with Crippen molar-refractivity contribution in [1.82, 2.24) is 30.4 Å². The number of nitrogens with zero attached hydrogens (tertiary/aromatic N) is 4. The van der Waals surface area contributed by atoms with Crippen LogP contribution < -0.4 is 0 Å². The molecule has 0 aliphatic carbocycles. The van der Waals surface area contributed by atoms with Gasteiger partial charge in [-0.15, -0.1) is 0 Å². The van der Waals surface area contributed by atoms with Crippen molar-refractivity contribution < 1.29 is 10.2 Å². The van der Waals surface area contributed by atoms with Crippen LogP contribution in [0, 0.1) is 0 Å². The first-order chi connectivity index (χ1) is 6.79. The summed E-state index contributed by atoms with van der Waals surface area (Å²) in [6.45, 7) is 0. The van der Waals surface area contributed by atoms with Crippen molar-refractivity contribution in [3.8, 4) is 0 Å². The van der Waals surface area contributed by atoms with Gasteiger partial charge in [0, 0.05) is 0 Å². The monoisotopic (exact) mass is 196 g/mol. The molecule has 0 fully saturated rings. The Morgan fingerprint density at radius 2 is 1.36 bits per heavy atom. The van der Waals surface area contributed by atoms with Crippen LogP contribution in [0.4, 0.5) is 0 Å². The predicted molar refractivity (Wildman–Crippen MR) is 42.7 cm³/mol. The Hall–Kier alpha value is -1.80. The number of nitrogens with one attached hydrogen (secondary N) is 2. The molecule has 0 aliphatic rings. The van der Waals surface area contributed by atoms with E-state index in [-0.39, 0.29) is 11.6 Å². The van der Waals surface area contributed by atoms with Gasteiger partial charge in [0.2, 0.25) is 0 Å². The molecule has 0 radical (unpaired) electrons. The number of rotatable bonds is 3. The number of aromatic amines is 2. The Morgan fingerprint density at radius 3 is 1.64 bits per heavy atom. The summed E-state index contributed by atoms with van der Waals surface area (Å²) in [6, 6.07) is 0. The summed E-state index contributed by atoms with van der Waals surface area (Å²) in [4.78, 5) is 7.42. The van der Waals surface area contributed by atoms with Gasteiger partial charge in [-0.05, 0) is 0 Å². The van der Waals surface area contributed by atoms with E-state index in [1.807, 2.05) is 0 Å². The number of aromatic nitrogens is 6. The van der Waals surface area contributed by atoms with Crippen LogP contribution in [0.5, 0.6) is 0 Å². The standard InChI is InChI=1S/C6H8N6O2/c13-3(5-7-1-9-11-5)4(14)6-8-2-10-12-6/h1-4,13-14H,(H,7,9,11)(H,8,10,12). The molecule has 0 amide bonds. The maximum atomic E-state index is 9.58. The fraction of sp³-hybridized carbons (Fsp3) is 0.333. The Bertz CT molecular complexity index is 333. The average molecular weight is 196 g/mol. The van der Waals surface area contributed by atoms with Gasteiger partial charge in [-0.25, -0.2) is 9.97 Å². The normalized spacial score (nSPS) is 15.3. The smallest absolute Gasteiger partial charge is 0.156 e. The molecule has 74 valence electrons. The van der Waals surface area contributed by atoms with Crippen molar-refractivity contribution in [2.75, 3.05) is 0 Å². The van der Waals surface area contributed by atoms with Gasteiger partial charge in [0.15, 0.2) is 11.6 Å². The molecule has 0 saturated carbocycles. The van der Waals surface area contributed by atoms with Gasteiger partial charge in [0.1, 0.15) is 24.9 Å². The zero-order valence-corrected chi connectivity index (χ0v) is 6.99. The Kier molecular flexibility index (Phi) is 2.21. The predicted octanol–water partition coefficient (Wildman–Crippen LogP) is -1.31. The summed E-state index contributed by atoms with van der Waals surface area (Å²) in [5.41, 5.74) is 0. The first-order valence-electron chi connectivity index (χ1n) is 3.85. The van der Waals surface area contributed by atoms with Crippen molar-refractivity contribution >= 4 is 0 Å². The van der Waals surface area contributed by atoms with E-state index in [1.165, 1.54) is 12.7 Å². The highest BCUT2D eigenvalue weighted by molar-refractivity contribution is 4.98. The summed E-state index contributed by atoms with van der Waals surface area (Å²) in [5.74, 6) is 0.350. The highest BCUT2D eigenvalue weighted by atomic mass is 16.3. The molecular formula is C6H8N6O2. The molecule has 2 heterocycles. The second-order valence-corrected chi connectivity index (χ2v) is 2.63. The van der Waals surface area contributed by atoms with Crippen LogP contribution in [-0.4, -0.2) is 40.6 Å². The second kappa shape index (κ2) is 3.52. The van der Waals surface area contributed by atoms with Crippen LogP contribution in [0.3, 0.4) is 0 Å². The summed E-state index contributed by atoms with van der Waals surface area (Å²) in [7, 11) is 0. The zero-order chi connectivity index (χ0) is 9.97. The molecule has 0 saturated heterocycles. The number of hydrogen-bond acceptors (Lipinski definition) is 6. The van der Waals surface area contributed by atoms with E-state index >= 15 is 0 Å². The minimum Gasteiger partial charge on any atom is -0.382 e. The van der Waals surface area contributed by atoms with Crippen LogP contribution >= 0.6 is 0 Å². The molecule has 2 unspecified atom stereocenters. The first kappa shape index (κ1) is 8.78. The maximum absolute atomic E-state index is 9.58. The SMILES string of the molecule is OC(c1ncn[nH]1)C(O)c1ncn[nH]1. The third-order valence-corrected chi connectivity index (χ3v) is 1.73. The van der Waals surface area contributed by atoms with Crippen molar-refractivity contribution in [3.05, 3.63) is 24.3 Å². The van der Waals surface area contributed by atoms with E-state index in [4.69, 9.17) is 0 Å². The van der Waals surface area contributed by atoms with Crippen LogP contribution in [0.2, 0.25) is 0 Å². The van der Waals surface area contributed by atoms with E-state index < -0.39 is 12.2 Å². The fourth-order valence-electron chi connectivity index (χ4n) is 1.01. The largest absolute Gasteiger partial charge is 0.382 e. The Morgan fingerprint density at radius 1 is 0.929 bits per heavy atom. The van der Waals surface area contributed by atoms with E-state index in [1.54, 1.807) is 0 Å². The van der Waals surface area contributed by atoms with Crippen molar-refractivity contribution in [2.45, 2.75) is 12.2 Å². The molecule has 2 aromatic rings. The highest BCUT2D eigenvalue weighted by Crippen LogP contribution is 2.22.